The molecule has 7 nitrogen and oxygen atoms in total. The summed E-state index contributed by atoms with van der Waals surface area (Å²) in [5.74, 6) is -1.20. The number of urea groups is 1. The van der Waals surface area contributed by atoms with Crippen LogP contribution in [-0.4, -0.2) is 57.5 Å². The highest BCUT2D eigenvalue weighted by atomic mass is 16.5. The van der Waals surface area contributed by atoms with E-state index in [-0.39, 0.29) is 18.9 Å². The second kappa shape index (κ2) is 6.57. The highest BCUT2D eigenvalue weighted by Gasteiger charge is 2.63. The smallest absolute Gasteiger partial charge is 0.328 e. The third kappa shape index (κ3) is 2.42. The molecule has 0 saturated carbocycles. The number of imide groups is 1. The van der Waals surface area contributed by atoms with Gasteiger partial charge in [0.05, 0.1) is 12.2 Å². The lowest BCUT2D eigenvalue weighted by Crippen LogP contribution is -2.72. The van der Waals surface area contributed by atoms with E-state index in [1.807, 2.05) is 0 Å². The van der Waals surface area contributed by atoms with Gasteiger partial charge in [-0.05, 0) is 32.4 Å². The highest BCUT2D eigenvalue weighted by Crippen LogP contribution is 2.45. The van der Waals surface area contributed by atoms with Gasteiger partial charge in [0.1, 0.15) is 0 Å². The average molecular weight is 358 g/mol. The SMILES string of the molecule is CCN1C(=O)N(CC)[C@@H](O)[C@@]2(OC=CC2c2ccc(C(C)=O)cc2)C1=O. The number of Topliss-reactive ketones (excluding diaryl/α,β-unsaturated/α-hetero) is 1. The summed E-state index contributed by atoms with van der Waals surface area (Å²) in [6.45, 7) is 5.34. The number of carbonyl (C=O) groups is 3. The van der Waals surface area contributed by atoms with E-state index in [2.05, 4.69) is 0 Å². The van der Waals surface area contributed by atoms with Crippen molar-refractivity contribution in [2.75, 3.05) is 13.1 Å². The Bertz CT molecular complexity index is 773. The summed E-state index contributed by atoms with van der Waals surface area (Å²) in [7, 11) is 0. The Balaban J connectivity index is 2.07. The predicted octanol–water partition coefficient (Wildman–Crippen LogP) is 1.88. The fourth-order valence-corrected chi connectivity index (χ4v) is 3.62. The van der Waals surface area contributed by atoms with E-state index in [0.29, 0.717) is 5.56 Å². The summed E-state index contributed by atoms with van der Waals surface area (Å²) in [4.78, 5) is 39.4. The van der Waals surface area contributed by atoms with Gasteiger partial charge in [-0.2, -0.15) is 0 Å². The molecule has 1 aromatic rings. The number of aliphatic hydroxyl groups is 1. The third-order valence-electron chi connectivity index (χ3n) is 5.06. The van der Waals surface area contributed by atoms with Crippen LogP contribution in [0.2, 0.25) is 0 Å². The summed E-state index contributed by atoms with van der Waals surface area (Å²) in [6.07, 6.45) is 1.67. The molecule has 1 fully saturated rings. The maximum absolute atomic E-state index is 13.1. The number of aliphatic hydroxyl groups excluding tert-OH is 1. The minimum atomic E-state index is -1.63. The molecule has 1 saturated heterocycles. The van der Waals surface area contributed by atoms with Gasteiger partial charge in [0.15, 0.2) is 12.0 Å². The lowest BCUT2D eigenvalue weighted by molar-refractivity contribution is -0.188. The maximum atomic E-state index is 13.1. The van der Waals surface area contributed by atoms with Gasteiger partial charge in [0.25, 0.3) is 5.91 Å². The standard InChI is InChI=1S/C19H22N2O5/c1-4-20-16(23)19(17(24)21(5-2)18(20)25)15(10-11-26-19)14-8-6-13(7-9-14)12(3)22/h6-11,15-16,23H,4-5H2,1-3H3/t15?,16-,19+/m0/s1. The predicted molar refractivity (Wildman–Crippen MR) is 93.3 cm³/mol. The molecule has 1 N–H and O–H groups in total. The lowest BCUT2D eigenvalue weighted by atomic mass is 9.78. The number of carbonyl (C=O) groups excluding carboxylic acids is 3. The monoisotopic (exact) mass is 358 g/mol. The largest absolute Gasteiger partial charge is 0.479 e. The molecule has 1 spiro atoms. The molecule has 138 valence electrons. The summed E-state index contributed by atoms with van der Waals surface area (Å²) in [5.41, 5.74) is -0.350. The number of hydrogen-bond donors (Lipinski definition) is 1. The summed E-state index contributed by atoms with van der Waals surface area (Å²) < 4.78 is 5.68. The van der Waals surface area contributed by atoms with Crippen LogP contribution in [0.3, 0.4) is 0 Å². The summed E-state index contributed by atoms with van der Waals surface area (Å²) in [5, 5.41) is 10.9. The van der Waals surface area contributed by atoms with Crippen molar-refractivity contribution >= 4 is 17.7 Å². The van der Waals surface area contributed by atoms with Gasteiger partial charge in [-0.1, -0.05) is 24.3 Å². The summed E-state index contributed by atoms with van der Waals surface area (Å²) >= 11 is 0. The van der Waals surface area contributed by atoms with Gasteiger partial charge < -0.3 is 9.84 Å². The molecule has 2 aliphatic rings. The van der Waals surface area contributed by atoms with E-state index in [0.717, 1.165) is 10.5 Å². The average Bonchev–Trinajstić information content (AvgIpc) is 3.07. The van der Waals surface area contributed by atoms with E-state index in [1.165, 1.54) is 18.1 Å². The molecule has 0 aliphatic carbocycles. The van der Waals surface area contributed by atoms with Gasteiger partial charge in [-0.3, -0.25) is 19.4 Å². The first kappa shape index (κ1) is 18.1. The molecule has 3 rings (SSSR count). The molecule has 3 atom stereocenters. The Kier molecular flexibility index (Phi) is 4.58. The van der Waals surface area contributed by atoms with Crippen LogP contribution in [0.5, 0.6) is 0 Å². The van der Waals surface area contributed by atoms with Crippen molar-refractivity contribution in [2.24, 2.45) is 0 Å². The number of amides is 3. The molecule has 2 aliphatic heterocycles. The minimum absolute atomic E-state index is 0.0573. The van der Waals surface area contributed by atoms with Crippen molar-refractivity contribution in [3.05, 3.63) is 47.7 Å². The van der Waals surface area contributed by atoms with E-state index in [9.17, 15) is 19.5 Å². The first-order valence-corrected chi connectivity index (χ1v) is 8.64. The molecule has 0 radical (unpaired) electrons. The molecule has 26 heavy (non-hydrogen) atoms. The van der Waals surface area contributed by atoms with Crippen molar-refractivity contribution in [2.45, 2.75) is 38.5 Å². The van der Waals surface area contributed by atoms with Crippen molar-refractivity contribution in [3.63, 3.8) is 0 Å². The molecule has 1 aromatic carbocycles. The quantitative estimate of drug-likeness (QED) is 0.831. The van der Waals surface area contributed by atoms with Gasteiger partial charge in [0, 0.05) is 18.7 Å². The zero-order valence-electron chi connectivity index (χ0n) is 15.0. The Morgan fingerprint density at radius 2 is 1.85 bits per heavy atom. The van der Waals surface area contributed by atoms with Crippen LogP contribution in [0, 0.1) is 0 Å². The second-order valence-corrected chi connectivity index (χ2v) is 6.39. The molecule has 1 unspecified atom stereocenters. The van der Waals surface area contributed by atoms with Gasteiger partial charge in [0.2, 0.25) is 5.60 Å². The zero-order chi connectivity index (χ0) is 19.1. The topological polar surface area (TPSA) is 87.2 Å². The van der Waals surface area contributed by atoms with E-state index < -0.39 is 29.7 Å². The Morgan fingerprint density at radius 3 is 2.38 bits per heavy atom. The van der Waals surface area contributed by atoms with Crippen LogP contribution >= 0.6 is 0 Å². The van der Waals surface area contributed by atoms with Crippen molar-refractivity contribution in [3.8, 4) is 0 Å². The number of hydrogen-bond acceptors (Lipinski definition) is 5. The number of nitrogens with zero attached hydrogens (tertiary/aromatic N) is 2. The zero-order valence-corrected chi connectivity index (χ0v) is 15.0. The fourth-order valence-electron chi connectivity index (χ4n) is 3.62. The first-order valence-electron chi connectivity index (χ1n) is 8.64. The van der Waals surface area contributed by atoms with Crippen LogP contribution in [0.15, 0.2) is 36.6 Å². The molecule has 7 heteroatoms. The minimum Gasteiger partial charge on any atom is -0.479 e. The number of rotatable bonds is 4. The van der Waals surface area contributed by atoms with Crippen molar-refractivity contribution in [1.29, 1.82) is 0 Å². The van der Waals surface area contributed by atoms with Crippen LogP contribution < -0.4 is 0 Å². The Morgan fingerprint density at radius 1 is 1.19 bits per heavy atom. The van der Waals surface area contributed by atoms with Crippen LogP contribution in [0.4, 0.5) is 4.79 Å². The molecule has 0 bridgehead atoms. The highest BCUT2D eigenvalue weighted by molar-refractivity contribution is 6.03. The van der Waals surface area contributed by atoms with Crippen LogP contribution in [-0.2, 0) is 9.53 Å². The van der Waals surface area contributed by atoms with E-state index in [4.69, 9.17) is 4.74 Å². The van der Waals surface area contributed by atoms with Gasteiger partial charge in [-0.25, -0.2) is 4.79 Å². The lowest BCUT2D eigenvalue weighted by Gasteiger charge is -2.48. The van der Waals surface area contributed by atoms with Crippen molar-refractivity contribution < 1.29 is 24.2 Å². The van der Waals surface area contributed by atoms with Crippen molar-refractivity contribution in [1.82, 2.24) is 9.80 Å². The Labute approximate surface area is 151 Å². The third-order valence-corrected chi connectivity index (χ3v) is 5.06. The Hall–Kier alpha value is -2.67. The fraction of sp³-hybridized carbons (Fsp3) is 0.421. The first-order chi connectivity index (χ1) is 12.4. The molecular formula is C19H22N2O5. The molecule has 3 amide bonds. The van der Waals surface area contributed by atoms with Gasteiger partial charge >= 0.3 is 6.03 Å². The number of ketones is 1. The number of ether oxygens (including phenoxy) is 1. The number of benzene rings is 1. The van der Waals surface area contributed by atoms with Gasteiger partial charge in [-0.15, -0.1) is 0 Å². The number of likely N-dealkylation sites (N-methyl/N-ethyl adjacent to an activating group) is 2. The van der Waals surface area contributed by atoms with Crippen LogP contribution in [0.25, 0.3) is 0 Å². The molecule has 0 aromatic heterocycles. The van der Waals surface area contributed by atoms with E-state index >= 15 is 0 Å². The normalized spacial score (nSPS) is 28.0. The molecular weight excluding hydrogens is 336 g/mol. The molecule has 2 heterocycles. The van der Waals surface area contributed by atoms with E-state index in [1.54, 1.807) is 44.2 Å². The summed E-state index contributed by atoms with van der Waals surface area (Å²) in [6, 6.07) is 6.31. The maximum Gasteiger partial charge on any atom is 0.328 e. The van der Waals surface area contributed by atoms with Crippen LogP contribution in [0.1, 0.15) is 42.6 Å². The second-order valence-electron chi connectivity index (χ2n) is 6.39.